The van der Waals surface area contributed by atoms with Crippen LogP contribution in [0.3, 0.4) is 0 Å². The summed E-state index contributed by atoms with van der Waals surface area (Å²) in [4.78, 5) is 1.81. The van der Waals surface area contributed by atoms with Crippen LogP contribution >= 0.6 is 23.6 Å². The average molecular weight is 290 g/mol. The van der Waals surface area contributed by atoms with Gasteiger partial charge in [-0.15, -0.1) is 11.3 Å². The molecular weight excluding hydrogens is 272 g/mol. The Morgan fingerprint density at radius 3 is 2.84 bits per heavy atom. The molecule has 19 heavy (non-hydrogen) atoms. The summed E-state index contributed by atoms with van der Waals surface area (Å²) in [6.07, 6.45) is 1.07. The lowest BCUT2D eigenvalue weighted by Gasteiger charge is -2.12. The first-order valence-electron chi connectivity index (χ1n) is 6.31. The highest BCUT2D eigenvalue weighted by molar-refractivity contribution is 7.80. The van der Waals surface area contributed by atoms with Gasteiger partial charge in [0.2, 0.25) is 0 Å². The maximum atomic E-state index is 5.76. The molecule has 1 aromatic heterocycles. The van der Waals surface area contributed by atoms with Crippen LogP contribution < -0.4 is 11.1 Å². The van der Waals surface area contributed by atoms with Gasteiger partial charge in [-0.2, -0.15) is 0 Å². The summed E-state index contributed by atoms with van der Waals surface area (Å²) in [5.74, 6) is 0. The normalized spacial score (nSPS) is 10.4. The molecule has 0 unspecified atom stereocenters. The second-order valence-corrected chi connectivity index (χ2v) is 5.93. The van der Waals surface area contributed by atoms with Crippen molar-refractivity contribution in [3.63, 3.8) is 0 Å². The van der Waals surface area contributed by atoms with Crippen LogP contribution in [0.2, 0.25) is 0 Å². The van der Waals surface area contributed by atoms with Gasteiger partial charge < -0.3 is 11.1 Å². The van der Waals surface area contributed by atoms with Gasteiger partial charge in [0.25, 0.3) is 0 Å². The molecule has 3 N–H and O–H groups in total. The number of hydrogen-bond donors (Lipinski definition) is 2. The molecule has 0 saturated heterocycles. The van der Waals surface area contributed by atoms with Crippen LogP contribution in [0.1, 0.15) is 28.5 Å². The standard InChI is InChI=1S/C15H18N2S2/c1-3-11-6-7-19-14(11)9-17-13-8-10(2)4-5-12(13)15(16)18/h4-8,17H,3,9H2,1-2H3,(H2,16,18). The minimum absolute atomic E-state index is 0.435. The van der Waals surface area contributed by atoms with Crippen molar-refractivity contribution < 1.29 is 0 Å². The lowest BCUT2D eigenvalue weighted by Crippen LogP contribution is -2.13. The second-order valence-electron chi connectivity index (χ2n) is 4.49. The SMILES string of the molecule is CCc1ccsc1CNc1cc(C)ccc1C(N)=S. The molecule has 0 amide bonds. The maximum Gasteiger partial charge on any atom is 0.106 e. The van der Waals surface area contributed by atoms with Crippen molar-refractivity contribution in [2.24, 2.45) is 5.73 Å². The Morgan fingerprint density at radius 1 is 1.37 bits per heavy atom. The van der Waals surface area contributed by atoms with Gasteiger partial charge in [0, 0.05) is 22.7 Å². The number of nitrogens with two attached hydrogens (primary N) is 1. The fraction of sp³-hybridized carbons (Fsp3) is 0.267. The molecule has 2 nitrogen and oxygen atoms in total. The molecule has 0 bridgehead atoms. The van der Waals surface area contributed by atoms with E-state index < -0.39 is 0 Å². The van der Waals surface area contributed by atoms with Crippen LogP contribution in [0.5, 0.6) is 0 Å². The molecule has 100 valence electrons. The van der Waals surface area contributed by atoms with Crippen LogP contribution in [-0.4, -0.2) is 4.99 Å². The lowest BCUT2D eigenvalue weighted by atomic mass is 10.1. The Balaban J connectivity index is 2.19. The van der Waals surface area contributed by atoms with E-state index in [2.05, 4.69) is 36.7 Å². The van der Waals surface area contributed by atoms with Crippen molar-refractivity contribution >= 4 is 34.2 Å². The Hall–Kier alpha value is -1.39. The summed E-state index contributed by atoms with van der Waals surface area (Å²) in [7, 11) is 0. The zero-order valence-corrected chi connectivity index (χ0v) is 12.8. The van der Waals surface area contributed by atoms with E-state index in [0.29, 0.717) is 4.99 Å². The first-order chi connectivity index (χ1) is 9.11. The zero-order chi connectivity index (χ0) is 13.8. The van der Waals surface area contributed by atoms with Crippen molar-refractivity contribution in [2.75, 3.05) is 5.32 Å². The molecule has 0 atom stereocenters. The minimum Gasteiger partial charge on any atom is -0.389 e. The highest BCUT2D eigenvalue weighted by atomic mass is 32.1. The molecule has 2 aromatic rings. The molecule has 2 rings (SSSR count). The zero-order valence-electron chi connectivity index (χ0n) is 11.2. The molecule has 0 aliphatic carbocycles. The van der Waals surface area contributed by atoms with Crippen molar-refractivity contribution in [1.29, 1.82) is 0 Å². The molecule has 0 aliphatic heterocycles. The first kappa shape index (κ1) is 14.0. The summed E-state index contributed by atoms with van der Waals surface area (Å²) in [6.45, 7) is 5.07. The van der Waals surface area contributed by atoms with Gasteiger partial charge in [-0.25, -0.2) is 0 Å². The molecule has 4 heteroatoms. The summed E-state index contributed by atoms with van der Waals surface area (Å²) < 4.78 is 0. The Labute approximate surface area is 123 Å². The molecule has 0 fully saturated rings. The van der Waals surface area contributed by atoms with Crippen molar-refractivity contribution in [2.45, 2.75) is 26.8 Å². The number of hydrogen-bond acceptors (Lipinski definition) is 3. The molecule has 0 aliphatic rings. The third-order valence-corrected chi connectivity index (χ3v) is 4.28. The number of anilines is 1. The average Bonchev–Trinajstić information content (AvgIpc) is 2.83. The number of thiocarbonyl (C=S) groups is 1. The van der Waals surface area contributed by atoms with Gasteiger partial charge >= 0.3 is 0 Å². The fourth-order valence-electron chi connectivity index (χ4n) is 2.03. The van der Waals surface area contributed by atoms with E-state index in [1.807, 2.05) is 12.1 Å². The van der Waals surface area contributed by atoms with Gasteiger partial charge in [0.1, 0.15) is 4.99 Å². The number of nitrogens with one attached hydrogen (secondary N) is 1. The van der Waals surface area contributed by atoms with E-state index >= 15 is 0 Å². The van der Waals surface area contributed by atoms with Gasteiger partial charge in [-0.3, -0.25) is 0 Å². The number of rotatable bonds is 5. The fourth-order valence-corrected chi connectivity index (χ4v) is 3.13. The van der Waals surface area contributed by atoms with E-state index in [0.717, 1.165) is 24.2 Å². The van der Waals surface area contributed by atoms with Gasteiger partial charge in [0.05, 0.1) is 0 Å². The minimum atomic E-state index is 0.435. The molecule has 0 saturated carbocycles. The summed E-state index contributed by atoms with van der Waals surface area (Å²) in [5.41, 5.74) is 10.3. The largest absolute Gasteiger partial charge is 0.389 e. The van der Waals surface area contributed by atoms with Crippen LogP contribution in [-0.2, 0) is 13.0 Å². The third kappa shape index (κ3) is 3.33. The molecule has 0 spiro atoms. The Morgan fingerprint density at radius 2 is 2.16 bits per heavy atom. The summed E-state index contributed by atoms with van der Waals surface area (Å²) in [6, 6.07) is 8.29. The van der Waals surface area contributed by atoms with E-state index in [1.54, 1.807) is 11.3 Å². The number of aryl methyl sites for hydroxylation is 2. The van der Waals surface area contributed by atoms with Crippen molar-refractivity contribution in [3.8, 4) is 0 Å². The highest BCUT2D eigenvalue weighted by Gasteiger charge is 2.07. The molecular formula is C15H18N2S2. The predicted molar refractivity (Wildman–Crippen MR) is 88.1 cm³/mol. The maximum absolute atomic E-state index is 5.76. The van der Waals surface area contributed by atoms with E-state index in [4.69, 9.17) is 18.0 Å². The quantitative estimate of drug-likeness (QED) is 0.821. The van der Waals surface area contributed by atoms with E-state index in [-0.39, 0.29) is 0 Å². The van der Waals surface area contributed by atoms with Crippen LogP contribution in [0.25, 0.3) is 0 Å². The van der Waals surface area contributed by atoms with Crippen molar-refractivity contribution in [1.82, 2.24) is 0 Å². The predicted octanol–water partition coefficient (Wildman–Crippen LogP) is 3.87. The molecule has 0 radical (unpaired) electrons. The van der Waals surface area contributed by atoms with Crippen LogP contribution in [0.15, 0.2) is 29.6 Å². The summed E-state index contributed by atoms with van der Waals surface area (Å²) >= 11 is 6.88. The Bertz CT molecular complexity index is 588. The van der Waals surface area contributed by atoms with Gasteiger partial charge in [-0.05, 0) is 48.1 Å². The topological polar surface area (TPSA) is 38.0 Å². The first-order valence-corrected chi connectivity index (χ1v) is 7.60. The van der Waals surface area contributed by atoms with E-state index in [1.165, 1.54) is 16.0 Å². The van der Waals surface area contributed by atoms with Gasteiger partial charge in [0.15, 0.2) is 0 Å². The molecule has 1 heterocycles. The Kier molecular flexibility index (Phi) is 4.56. The van der Waals surface area contributed by atoms with Crippen molar-refractivity contribution in [3.05, 3.63) is 51.2 Å². The second kappa shape index (κ2) is 6.17. The van der Waals surface area contributed by atoms with E-state index in [9.17, 15) is 0 Å². The van der Waals surface area contributed by atoms with Crippen LogP contribution in [0, 0.1) is 6.92 Å². The van der Waals surface area contributed by atoms with Crippen LogP contribution in [0.4, 0.5) is 5.69 Å². The smallest absolute Gasteiger partial charge is 0.106 e. The highest BCUT2D eigenvalue weighted by Crippen LogP contribution is 2.22. The third-order valence-electron chi connectivity index (χ3n) is 3.10. The number of benzene rings is 1. The number of thiophene rings is 1. The summed E-state index contributed by atoms with van der Waals surface area (Å²) in [5, 5.41) is 5.59. The monoisotopic (exact) mass is 290 g/mol. The lowest BCUT2D eigenvalue weighted by molar-refractivity contribution is 1.08. The molecule has 1 aromatic carbocycles. The van der Waals surface area contributed by atoms with Gasteiger partial charge in [-0.1, -0.05) is 25.2 Å².